The Kier molecular flexibility index (Phi) is 2.63. The first-order valence-electron chi connectivity index (χ1n) is 6.10. The van der Waals surface area contributed by atoms with Crippen LogP contribution in [-0.4, -0.2) is 21.3 Å². The zero-order valence-electron chi connectivity index (χ0n) is 9.89. The van der Waals surface area contributed by atoms with Crippen LogP contribution in [0.4, 0.5) is 0 Å². The number of benzene rings is 1. The van der Waals surface area contributed by atoms with Gasteiger partial charge in [-0.2, -0.15) is 5.10 Å². The summed E-state index contributed by atoms with van der Waals surface area (Å²) in [6.07, 6.45) is 2.04. The van der Waals surface area contributed by atoms with Crippen LogP contribution in [0.15, 0.2) is 30.3 Å². The van der Waals surface area contributed by atoms with Gasteiger partial charge in [-0.1, -0.05) is 30.3 Å². The number of nitrogens with zero attached hydrogens (tertiary/aromatic N) is 1. The van der Waals surface area contributed by atoms with E-state index in [1.165, 1.54) is 0 Å². The molecule has 0 spiro atoms. The summed E-state index contributed by atoms with van der Waals surface area (Å²) in [6, 6.07) is 9.89. The number of fused-ring (bicyclic) bond motifs is 1. The first-order valence-corrected chi connectivity index (χ1v) is 6.10. The highest BCUT2D eigenvalue weighted by Gasteiger charge is 2.28. The van der Waals surface area contributed by atoms with Crippen LogP contribution in [0.1, 0.15) is 17.7 Å². The van der Waals surface area contributed by atoms with Gasteiger partial charge in [0.05, 0.1) is 11.6 Å². The molecule has 0 saturated heterocycles. The Morgan fingerprint density at radius 1 is 1.33 bits per heavy atom. The van der Waals surface area contributed by atoms with E-state index in [1.807, 2.05) is 30.3 Å². The Bertz CT molecular complexity index is 575. The predicted octanol–water partition coefficient (Wildman–Crippen LogP) is 2.27. The summed E-state index contributed by atoms with van der Waals surface area (Å²) in [6.45, 7) is 0. The van der Waals surface area contributed by atoms with Gasteiger partial charge in [-0.15, -0.1) is 0 Å². The van der Waals surface area contributed by atoms with Crippen molar-refractivity contribution < 1.29 is 9.90 Å². The molecule has 1 heterocycles. The number of carboxylic acid groups (broad SMARTS) is 1. The van der Waals surface area contributed by atoms with Gasteiger partial charge in [0, 0.05) is 16.8 Å². The number of rotatable bonds is 2. The van der Waals surface area contributed by atoms with Crippen molar-refractivity contribution in [2.24, 2.45) is 5.92 Å². The van der Waals surface area contributed by atoms with Crippen molar-refractivity contribution in [3.8, 4) is 11.3 Å². The number of carbonyl (C=O) groups is 1. The molecule has 1 aliphatic rings. The fourth-order valence-corrected chi connectivity index (χ4v) is 2.54. The molecule has 1 aromatic carbocycles. The third-order valence-electron chi connectivity index (χ3n) is 3.54. The number of hydrogen-bond acceptors (Lipinski definition) is 2. The Labute approximate surface area is 105 Å². The van der Waals surface area contributed by atoms with Crippen molar-refractivity contribution in [3.63, 3.8) is 0 Å². The van der Waals surface area contributed by atoms with Crippen LogP contribution in [0.25, 0.3) is 11.3 Å². The van der Waals surface area contributed by atoms with E-state index < -0.39 is 5.97 Å². The maximum absolute atomic E-state index is 11.1. The van der Waals surface area contributed by atoms with Crippen LogP contribution in [-0.2, 0) is 17.6 Å². The SMILES string of the molecule is O=C(O)[C@@H]1CCc2[nH]nc(-c3ccccc3)c2C1. The molecule has 0 unspecified atom stereocenters. The molecule has 0 fully saturated rings. The second kappa shape index (κ2) is 4.29. The minimum Gasteiger partial charge on any atom is -0.481 e. The van der Waals surface area contributed by atoms with Crippen molar-refractivity contribution in [1.82, 2.24) is 10.2 Å². The van der Waals surface area contributed by atoms with Gasteiger partial charge in [0.25, 0.3) is 0 Å². The van der Waals surface area contributed by atoms with Gasteiger partial charge < -0.3 is 5.11 Å². The lowest BCUT2D eigenvalue weighted by atomic mass is 9.85. The van der Waals surface area contributed by atoms with Crippen LogP contribution in [0.3, 0.4) is 0 Å². The molecule has 1 aromatic heterocycles. The molecule has 1 aliphatic carbocycles. The standard InChI is InChI=1S/C14H14N2O2/c17-14(18)10-6-7-12-11(8-10)13(16-15-12)9-4-2-1-3-5-9/h1-5,10H,6-8H2,(H,15,16)(H,17,18)/t10-/m1/s1. The molecular formula is C14H14N2O2. The van der Waals surface area contributed by atoms with Gasteiger partial charge in [-0.05, 0) is 19.3 Å². The smallest absolute Gasteiger partial charge is 0.306 e. The zero-order chi connectivity index (χ0) is 12.5. The highest BCUT2D eigenvalue weighted by Crippen LogP contribution is 2.31. The van der Waals surface area contributed by atoms with Gasteiger partial charge in [0.1, 0.15) is 0 Å². The molecule has 0 radical (unpaired) electrons. The molecule has 3 rings (SSSR count). The van der Waals surface area contributed by atoms with Crippen LogP contribution in [0.5, 0.6) is 0 Å². The summed E-state index contributed by atoms with van der Waals surface area (Å²) in [7, 11) is 0. The molecule has 2 aromatic rings. The van der Waals surface area contributed by atoms with Crippen LogP contribution in [0.2, 0.25) is 0 Å². The number of aromatic amines is 1. The number of carboxylic acids is 1. The Morgan fingerprint density at radius 3 is 2.83 bits per heavy atom. The topological polar surface area (TPSA) is 66.0 Å². The lowest BCUT2D eigenvalue weighted by Gasteiger charge is -2.18. The number of nitrogens with one attached hydrogen (secondary N) is 1. The fourth-order valence-electron chi connectivity index (χ4n) is 2.54. The van der Waals surface area contributed by atoms with E-state index in [0.717, 1.165) is 28.9 Å². The van der Waals surface area contributed by atoms with Gasteiger partial charge in [0.15, 0.2) is 0 Å². The molecule has 18 heavy (non-hydrogen) atoms. The second-order valence-corrected chi connectivity index (χ2v) is 4.67. The molecule has 0 amide bonds. The summed E-state index contributed by atoms with van der Waals surface area (Å²) in [5.74, 6) is -0.988. The highest BCUT2D eigenvalue weighted by atomic mass is 16.4. The highest BCUT2D eigenvalue weighted by molar-refractivity contribution is 5.72. The molecule has 2 N–H and O–H groups in total. The summed E-state index contributed by atoms with van der Waals surface area (Å²) in [5.41, 5.74) is 4.10. The summed E-state index contributed by atoms with van der Waals surface area (Å²) in [5, 5.41) is 16.5. The number of H-pyrrole nitrogens is 1. The molecule has 4 nitrogen and oxygen atoms in total. The number of hydrogen-bond donors (Lipinski definition) is 2. The molecule has 1 atom stereocenters. The minimum atomic E-state index is -0.708. The van der Waals surface area contributed by atoms with E-state index in [-0.39, 0.29) is 5.92 Å². The molecule has 0 saturated carbocycles. The first kappa shape index (κ1) is 11.0. The van der Waals surface area contributed by atoms with Gasteiger partial charge in [0.2, 0.25) is 0 Å². The maximum Gasteiger partial charge on any atom is 0.306 e. The second-order valence-electron chi connectivity index (χ2n) is 4.67. The van der Waals surface area contributed by atoms with E-state index in [4.69, 9.17) is 5.11 Å². The Balaban J connectivity index is 2.00. The van der Waals surface area contributed by atoms with Crippen molar-refractivity contribution >= 4 is 5.97 Å². The number of aryl methyl sites for hydroxylation is 1. The van der Waals surface area contributed by atoms with Crippen molar-refractivity contribution in [2.45, 2.75) is 19.3 Å². The molecule has 92 valence electrons. The Morgan fingerprint density at radius 2 is 2.11 bits per heavy atom. The van der Waals surface area contributed by atoms with Crippen molar-refractivity contribution in [1.29, 1.82) is 0 Å². The molecule has 0 bridgehead atoms. The van der Waals surface area contributed by atoms with Crippen LogP contribution >= 0.6 is 0 Å². The van der Waals surface area contributed by atoms with Crippen LogP contribution < -0.4 is 0 Å². The average Bonchev–Trinajstić information content (AvgIpc) is 2.82. The van der Waals surface area contributed by atoms with Crippen LogP contribution in [0, 0.1) is 5.92 Å². The summed E-state index contributed by atoms with van der Waals surface area (Å²) < 4.78 is 0. The largest absolute Gasteiger partial charge is 0.481 e. The lowest BCUT2D eigenvalue weighted by molar-refractivity contribution is -0.142. The molecule has 4 heteroatoms. The first-order chi connectivity index (χ1) is 8.75. The number of aliphatic carboxylic acids is 1. The van der Waals surface area contributed by atoms with E-state index in [0.29, 0.717) is 12.8 Å². The van der Waals surface area contributed by atoms with Crippen molar-refractivity contribution in [2.75, 3.05) is 0 Å². The van der Waals surface area contributed by atoms with Gasteiger partial charge >= 0.3 is 5.97 Å². The quantitative estimate of drug-likeness (QED) is 0.849. The molecule has 0 aliphatic heterocycles. The lowest BCUT2D eigenvalue weighted by Crippen LogP contribution is -2.21. The fraction of sp³-hybridized carbons (Fsp3) is 0.286. The third kappa shape index (κ3) is 1.79. The van der Waals surface area contributed by atoms with E-state index >= 15 is 0 Å². The zero-order valence-corrected chi connectivity index (χ0v) is 9.89. The Hall–Kier alpha value is -2.10. The van der Waals surface area contributed by atoms with E-state index in [2.05, 4.69) is 10.2 Å². The summed E-state index contributed by atoms with van der Waals surface area (Å²) in [4.78, 5) is 11.1. The van der Waals surface area contributed by atoms with Gasteiger partial charge in [-0.25, -0.2) is 0 Å². The number of aromatic nitrogens is 2. The predicted molar refractivity (Wildman–Crippen MR) is 67.2 cm³/mol. The summed E-state index contributed by atoms with van der Waals surface area (Å²) >= 11 is 0. The van der Waals surface area contributed by atoms with Gasteiger partial charge in [-0.3, -0.25) is 9.89 Å². The third-order valence-corrected chi connectivity index (χ3v) is 3.54. The normalized spacial score (nSPS) is 18.3. The monoisotopic (exact) mass is 242 g/mol. The van der Waals surface area contributed by atoms with E-state index in [1.54, 1.807) is 0 Å². The van der Waals surface area contributed by atoms with E-state index in [9.17, 15) is 4.79 Å². The minimum absolute atomic E-state index is 0.280. The average molecular weight is 242 g/mol. The van der Waals surface area contributed by atoms with Crippen molar-refractivity contribution in [3.05, 3.63) is 41.6 Å². The maximum atomic E-state index is 11.1. The molecular weight excluding hydrogens is 228 g/mol.